The third-order valence-electron chi connectivity index (χ3n) is 2.77. The predicted molar refractivity (Wildman–Crippen MR) is 56.8 cm³/mol. The van der Waals surface area contributed by atoms with E-state index in [-0.39, 0.29) is 25.3 Å². The molecule has 1 unspecified atom stereocenters. The van der Waals surface area contributed by atoms with Crippen LogP contribution in [0.3, 0.4) is 0 Å². The molecule has 0 saturated carbocycles. The molecule has 2 heterocycles. The van der Waals surface area contributed by atoms with Crippen LogP contribution in [-0.2, 0) is 16.1 Å². The lowest BCUT2D eigenvalue weighted by Gasteiger charge is -2.18. The quantitative estimate of drug-likeness (QED) is 0.758. The van der Waals surface area contributed by atoms with E-state index in [0.29, 0.717) is 4.90 Å². The van der Waals surface area contributed by atoms with E-state index in [0.717, 1.165) is 0 Å². The Morgan fingerprint density at radius 2 is 2.25 bits per heavy atom. The van der Waals surface area contributed by atoms with E-state index < -0.39 is 30.5 Å². The molecule has 1 saturated heterocycles. The number of alkyl halides is 3. The summed E-state index contributed by atoms with van der Waals surface area (Å²) in [6.45, 7) is -1.57. The Hall–Kier alpha value is -2.20. The van der Waals surface area contributed by atoms with Gasteiger partial charge >= 0.3 is 6.18 Å². The summed E-state index contributed by atoms with van der Waals surface area (Å²) in [5.74, 6) is -1.73. The van der Waals surface area contributed by atoms with Gasteiger partial charge in [-0.2, -0.15) is 18.4 Å². The van der Waals surface area contributed by atoms with E-state index in [1.165, 1.54) is 0 Å². The number of tetrazole rings is 1. The number of aromatic nitrogens is 4. The first-order valence-corrected chi connectivity index (χ1v) is 5.70. The lowest BCUT2D eigenvalue weighted by molar-refractivity contribution is -0.157. The van der Waals surface area contributed by atoms with Crippen LogP contribution in [0.1, 0.15) is 12.2 Å². The van der Waals surface area contributed by atoms with Gasteiger partial charge in [-0.15, -0.1) is 10.2 Å². The normalized spacial score (nSPS) is 19.4. The topological polar surface area (TPSA) is 104 Å². The van der Waals surface area contributed by atoms with E-state index in [4.69, 9.17) is 0 Å². The Balaban J connectivity index is 1.84. The van der Waals surface area contributed by atoms with Crippen molar-refractivity contribution in [2.24, 2.45) is 5.92 Å². The smallest absolute Gasteiger partial charge is 0.348 e. The third-order valence-corrected chi connectivity index (χ3v) is 2.77. The number of aromatic amines is 1. The minimum atomic E-state index is -4.47. The summed E-state index contributed by atoms with van der Waals surface area (Å²) in [6, 6.07) is 0. The number of rotatable bonds is 4. The summed E-state index contributed by atoms with van der Waals surface area (Å²) < 4.78 is 36.7. The molecule has 0 spiro atoms. The summed E-state index contributed by atoms with van der Waals surface area (Å²) >= 11 is 0. The first-order valence-electron chi connectivity index (χ1n) is 5.70. The van der Waals surface area contributed by atoms with Crippen LogP contribution in [0, 0.1) is 5.92 Å². The molecular formula is C9H11F3N6O2. The van der Waals surface area contributed by atoms with Crippen molar-refractivity contribution in [3.05, 3.63) is 5.82 Å². The van der Waals surface area contributed by atoms with Crippen LogP contribution in [0.15, 0.2) is 0 Å². The zero-order chi connectivity index (χ0) is 14.8. The fraction of sp³-hybridized carbons (Fsp3) is 0.667. The Labute approximate surface area is 110 Å². The van der Waals surface area contributed by atoms with Crippen molar-refractivity contribution >= 4 is 11.8 Å². The number of hydrogen-bond donors (Lipinski definition) is 2. The standard InChI is InChI=1S/C9H11F3N6O2/c10-9(11,12)4-18-3-5(1-7(18)19)8(20)13-2-6-14-16-17-15-6/h5H,1-4H2,(H,13,20)(H,14,15,16,17). The minimum absolute atomic E-state index is 0.000700. The first kappa shape index (κ1) is 14.2. The van der Waals surface area contributed by atoms with Crippen molar-refractivity contribution in [3.8, 4) is 0 Å². The van der Waals surface area contributed by atoms with Gasteiger partial charge in [0.25, 0.3) is 0 Å². The fourth-order valence-electron chi connectivity index (χ4n) is 1.88. The average Bonchev–Trinajstić information content (AvgIpc) is 2.95. The van der Waals surface area contributed by atoms with Gasteiger partial charge in [0.1, 0.15) is 6.54 Å². The van der Waals surface area contributed by atoms with Gasteiger partial charge in [-0.3, -0.25) is 9.59 Å². The summed E-state index contributed by atoms with van der Waals surface area (Å²) in [7, 11) is 0. The second kappa shape index (κ2) is 5.43. The molecule has 0 bridgehead atoms. The molecule has 1 aromatic rings. The maximum Gasteiger partial charge on any atom is 0.406 e. The van der Waals surface area contributed by atoms with Gasteiger partial charge in [-0.25, -0.2) is 0 Å². The van der Waals surface area contributed by atoms with Crippen LogP contribution in [0.4, 0.5) is 13.2 Å². The summed E-state index contributed by atoms with van der Waals surface area (Å²) in [6.07, 6.45) is -4.69. The second-order valence-corrected chi connectivity index (χ2v) is 4.34. The molecule has 2 rings (SSSR count). The minimum Gasteiger partial charge on any atom is -0.348 e. The number of hydrogen-bond acceptors (Lipinski definition) is 5. The third kappa shape index (κ3) is 3.65. The van der Waals surface area contributed by atoms with E-state index in [1.807, 2.05) is 0 Å². The van der Waals surface area contributed by atoms with Crippen molar-refractivity contribution < 1.29 is 22.8 Å². The van der Waals surface area contributed by atoms with E-state index >= 15 is 0 Å². The highest BCUT2D eigenvalue weighted by Gasteiger charge is 2.40. The number of carbonyl (C=O) groups excluding carboxylic acids is 2. The highest BCUT2D eigenvalue weighted by molar-refractivity contribution is 5.89. The molecule has 1 aliphatic rings. The predicted octanol–water partition coefficient (Wildman–Crippen LogP) is -0.773. The van der Waals surface area contributed by atoms with E-state index in [2.05, 4.69) is 25.9 Å². The number of amides is 2. The van der Waals surface area contributed by atoms with Gasteiger partial charge in [0.2, 0.25) is 11.8 Å². The molecule has 1 aromatic heterocycles. The number of nitrogens with one attached hydrogen (secondary N) is 2. The summed E-state index contributed by atoms with van der Waals surface area (Å²) in [4.78, 5) is 23.8. The van der Waals surface area contributed by atoms with Crippen LogP contribution in [0.5, 0.6) is 0 Å². The Bertz CT molecular complexity index is 488. The number of nitrogens with zero attached hydrogens (tertiary/aromatic N) is 4. The zero-order valence-electron chi connectivity index (χ0n) is 10.1. The van der Waals surface area contributed by atoms with Crippen LogP contribution >= 0.6 is 0 Å². The van der Waals surface area contributed by atoms with Crippen molar-refractivity contribution in [3.63, 3.8) is 0 Å². The molecule has 11 heteroatoms. The molecule has 1 aliphatic heterocycles. The van der Waals surface area contributed by atoms with Gasteiger partial charge in [0, 0.05) is 13.0 Å². The number of likely N-dealkylation sites (tertiary alicyclic amines) is 1. The summed E-state index contributed by atoms with van der Waals surface area (Å²) in [5.41, 5.74) is 0. The number of H-pyrrole nitrogens is 1. The Morgan fingerprint density at radius 1 is 1.50 bits per heavy atom. The van der Waals surface area contributed by atoms with Gasteiger partial charge < -0.3 is 10.2 Å². The molecule has 0 aromatic carbocycles. The largest absolute Gasteiger partial charge is 0.406 e. The number of halogens is 3. The summed E-state index contributed by atoms with van der Waals surface area (Å²) in [5, 5.41) is 15.1. The molecule has 0 radical (unpaired) electrons. The molecule has 1 atom stereocenters. The van der Waals surface area contributed by atoms with Gasteiger partial charge in [0.15, 0.2) is 5.82 Å². The molecule has 0 aliphatic carbocycles. The van der Waals surface area contributed by atoms with Crippen LogP contribution in [-0.4, -0.2) is 56.6 Å². The van der Waals surface area contributed by atoms with Gasteiger partial charge in [-0.1, -0.05) is 5.21 Å². The SMILES string of the molecule is O=C(NCc1nn[nH]n1)C1CC(=O)N(CC(F)(F)F)C1. The van der Waals surface area contributed by atoms with Crippen molar-refractivity contribution in [2.45, 2.75) is 19.1 Å². The molecule has 2 N–H and O–H groups in total. The van der Waals surface area contributed by atoms with Gasteiger partial charge in [-0.05, 0) is 0 Å². The fourth-order valence-corrected chi connectivity index (χ4v) is 1.88. The zero-order valence-corrected chi connectivity index (χ0v) is 10.1. The molecular weight excluding hydrogens is 281 g/mol. The Kier molecular flexibility index (Phi) is 3.86. The highest BCUT2D eigenvalue weighted by atomic mass is 19.4. The van der Waals surface area contributed by atoms with Crippen LogP contribution in [0.2, 0.25) is 0 Å². The van der Waals surface area contributed by atoms with Gasteiger partial charge in [0.05, 0.1) is 12.5 Å². The van der Waals surface area contributed by atoms with Crippen LogP contribution < -0.4 is 5.32 Å². The van der Waals surface area contributed by atoms with Crippen molar-refractivity contribution in [1.29, 1.82) is 0 Å². The molecule has 20 heavy (non-hydrogen) atoms. The Morgan fingerprint density at radius 3 is 2.85 bits per heavy atom. The molecule has 110 valence electrons. The maximum absolute atomic E-state index is 12.2. The number of carbonyl (C=O) groups is 2. The van der Waals surface area contributed by atoms with E-state index in [1.54, 1.807) is 0 Å². The maximum atomic E-state index is 12.2. The second-order valence-electron chi connectivity index (χ2n) is 4.34. The monoisotopic (exact) mass is 292 g/mol. The highest BCUT2D eigenvalue weighted by Crippen LogP contribution is 2.23. The lowest BCUT2D eigenvalue weighted by atomic mass is 10.1. The van der Waals surface area contributed by atoms with E-state index in [9.17, 15) is 22.8 Å². The van der Waals surface area contributed by atoms with Crippen LogP contribution in [0.25, 0.3) is 0 Å². The first-order chi connectivity index (χ1) is 9.35. The average molecular weight is 292 g/mol. The molecule has 1 fully saturated rings. The lowest BCUT2D eigenvalue weighted by Crippen LogP contribution is -2.37. The molecule has 2 amide bonds. The van der Waals surface area contributed by atoms with Crippen molar-refractivity contribution in [2.75, 3.05) is 13.1 Å². The van der Waals surface area contributed by atoms with Crippen molar-refractivity contribution in [1.82, 2.24) is 30.8 Å². The molecule has 8 nitrogen and oxygen atoms in total.